The lowest BCUT2D eigenvalue weighted by atomic mass is 9.78. The predicted molar refractivity (Wildman–Crippen MR) is 132 cm³/mol. The van der Waals surface area contributed by atoms with Crippen molar-refractivity contribution in [2.45, 2.75) is 42.3 Å². The number of carbonyl (C=O) groups excluding carboxylic acids is 3. The molecule has 8 heteroatoms. The van der Waals surface area contributed by atoms with E-state index in [9.17, 15) is 19.5 Å². The van der Waals surface area contributed by atoms with Crippen LogP contribution in [0.5, 0.6) is 0 Å². The van der Waals surface area contributed by atoms with Gasteiger partial charge >= 0.3 is 0 Å². The number of nitrogens with zero attached hydrogens (tertiary/aromatic N) is 3. The molecule has 1 aromatic carbocycles. The van der Waals surface area contributed by atoms with Crippen LogP contribution in [0.25, 0.3) is 0 Å². The second-order valence-corrected chi connectivity index (χ2v) is 11.8. The molecular formula is C26H31N3O4S. The van der Waals surface area contributed by atoms with Gasteiger partial charge in [-0.05, 0) is 32.9 Å². The Labute approximate surface area is 204 Å². The third-order valence-corrected chi connectivity index (χ3v) is 9.12. The van der Waals surface area contributed by atoms with Crippen LogP contribution in [0.2, 0.25) is 0 Å². The van der Waals surface area contributed by atoms with Gasteiger partial charge in [0.1, 0.15) is 6.04 Å². The van der Waals surface area contributed by atoms with Gasteiger partial charge in [-0.3, -0.25) is 14.4 Å². The van der Waals surface area contributed by atoms with E-state index in [2.05, 4.69) is 0 Å². The fourth-order valence-corrected chi connectivity index (χ4v) is 7.93. The van der Waals surface area contributed by atoms with E-state index in [4.69, 9.17) is 0 Å². The van der Waals surface area contributed by atoms with Gasteiger partial charge < -0.3 is 19.8 Å². The van der Waals surface area contributed by atoms with Crippen LogP contribution in [0, 0.1) is 11.8 Å². The molecule has 7 nitrogen and oxygen atoms in total. The van der Waals surface area contributed by atoms with Crippen molar-refractivity contribution >= 4 is 35.2 Å². The summed E-state index contributed by atoms with van der Waals surface area (Å²) in [4.78, 5) is 46.9. The maximum Gasteiger partial charge on any atom is 0.247 e. The molecule has 1 aromatic rings. The third-order valence-electron chi connectivity index (χ3n) is 7.38. The topological polar surface area (TPSA) is 81.2 Å². The Kier molecular flexibility index (Phi) is 5.64. The van der Waals surface area contributed by atoms with E-state index in [-0.39, 0.29) is 36.1 Å². The first-order chi connectivity index (χ1) is 16.2. The van der Waals surface area contributed by atoms with Gasteiger partial charge in [0.2, 0.25) is 17.7 Å². The van der Waals surface area contributed by atoms with E-state index in [0.29, 0.717) is 13.1 Å². The van der Waals surface area contributed by atoms with Gasteiger partial charge in [-0.2, -0.15) is 0 Å². The second-order valence-electron chi connectivity index (χ2n) is 10.3. The number of thioether (sulfide) groups is 1. The molecule has 4 heterocycles. The summed E-state index contributed by atoms with van der Waals surface area (Å²) in [6.45, 7) is 6.68. The van der Waals surface area contributed by atoms with E-state index in [1.807, 2.05) is 75.4 Å². The van der Waals surface area contributed by atoms with Gasteiger partial charge in [-0.1, -0.05) is 42.5 Å². The van der Waals surface area contributed by atoms with Crippen molar-refractivity contribution in [3.05, 3.63) is 54.6 Å². The average Bonchev–Trinajstić information content (AvgIpc) is 3.09. The van der Waals surface area contributed by atoms with Gasteiger partial charge in [0.25, 0.3) is 0 Å². The highest BCUT2D eigenvalue weighted by atomic mass is 32.2. The molecule has 1 spiro atoms. The summed E-state index contributed by atoms with van der Waals surface area (Å²) >= 11 is 1.56. The average molecular weight is 482 g/mol. The lowest BCUT2D eigenvalue weighted by molar-refractivity contribution is -0.145. The summed E-state index contributed by atoms with van der Waals surface area (Å²) in [6, 6.07) is 8.75. The fraction of sp³-hybridized carbons (Fsp3) is 0.500. The summed E-state index contributed by atoms with van der Waals surface area (Å²) in [5.74, 6) is -1.68. The van der Waals surface area contributed by atoms with Crippen LogP contribution >= 0.6 is 11.8 Å². The van der Waals surface area contributed by atoms with Crippen LogP contribution in [0.4, 0.5) is 5.69 Å². The van der Waals surface area contributed by atoms with Crippen LogP contribution in [0.1, 0.15) is 20.8 Å². The van der Waals surface area contributed by atoms with E-state index in [0.717, 1.165) is 5.69 Å². The minimum absolute atomic E-state index is 0.0731. The summed E-state index contributed by atoms with van der Waals surface area (Å²) in [5.41, 5.74) is 0.371. The number of carbonyl (C=O) groups is 3. The first-order valence-electron chi connectivity index (χ1n) is 11.8. The molecule has 0 radical (unpaired) electrons. The molecule has 1 unspecified atom stereocenters. The van der Waals surface area contributed by atoms with Crippen LogP contribution < -0.4 is 4.90 Å². The van der Waals surface area contributed by atoms with Crippen molar-refractivity contribution in [1.82, 2.24) is 9.80 Å². The Hall–Kier alpha value is -2.58. The minimum atomic E-state index is -0.849. The minimum Gasteiger partial charge on any atom is -0.395 e. The quantitative estimate of drug-likeness (QED) is 0.669. The predicted octanol–water partition coefficient (Wildman–Crippen LogP) is 2.08. The van der Waals surface area contributed by atoms with E-state index in [1.54, 1.807) is 21.6 Å². The van der Waals surface area contributed by atoms with Crippen molar-refractivity contribution < 1.29 is 19.5 Å². The maximum atomic E-state index is 14.0. The van der Waals surface area contributed by atoms with Crippen LogP contribution in [0.3, 0.4) is 0 Å². The summed E-state index contributed by atoms with van der Waals surface area (Å²) in [5, 5.41) is 9.57. The van der Waals surface area contributed by atoms with Crippen LogP contribution in [-0.2, 0) is 14.4 Å². The lowest BCUT2D eigenvalue weighted by Crippen LogP contribution is -2.57. The SMILES string of the molecule is CC(C)(C)N1CC=C[C@]23S[C@H]4C=CCN(c5ccccc5)C(=O)[C@H]4[C@H]2C(=O)N(CCO)C3C1=O. The monoisotopic (exact) mass is 481 g/mol. The molecule has 3 amide bonds. The fourth-order valence-electron chi connectivity index (χ4n) is 5.93. The highest BCUT2D eigenvalue weighted by Gasteiger charge is 2.71. The highest BCUT2D eigenvalue weighted by Crippen LogP contribution is 2.61. The zero-order valence-electron chi connectivity index (χ0n) is 19.8. The molecule has 2 saturated heterocycles. The number of benzene rings is 1. The number of amides is 3. The molecule has 0 aliphatic carbocycles. The number of hydrogen-bond acceptors (Lipinski definition) is 5. The first-order valence-corrected chi connectivity index (χ1v) is 12.7. The number of para-hydroxylation sites is 1. The zero-order valence-corrected chi connectivity index (χ0v) is 20.6. The molecule has 5 atom stereocenters. The standard InChI is InChI=1S/C26H31N3O4S/c1-25(2,3)29-14-8-12-26-20(23(32)28(15-16-30)21(26)24(29)33)19-18(34-26)11-7-13-27(22(19)31)17-9-5-4-6-10-17/h4-12,18-21,30H,13-16H2,1-3H3/t18-,19+,20-,21?,26-/m0/s1. The van der Waals surface area contributed by atoms with E-state index < -0.39 is 28.2 Å². The highest BCUT2D eigenvalue weighted by molar-refractivity contribution is 8.02. The number of anilines is 1. The molecule has 4 aliphatic rings. The van der Waals surface area contributed by atoms with Crippen LogP contribution in [-0.4, -0.2) is 80.4 Å². The zero-order chi connectivity index (χ0) is 24.3. The van der Waals surface area contributed by atoms with Gasteiger partial charge in [0.15, 0.2) is 0 Å². The van der Waals surface area contributed by atoms with Crippen molar-refractivity contribution in [3.63, 3.8) is 0 Å². The first kappa shape index (κ1) is 23.2. The number of aliphatic hydroxyl groups is 1. The van der Waals surface area contributed by atoms with Crippen LogP contribution in [0.15, 0.2) is 54.6 Å². The molecule has 180 valence electrons. The normalized spacial score (nSPS) is 33.1. The van der Waals surface area contributed by atoms with Gasteiger partial charge in [-0.25, -0.2) is 0 Å². The number of β-amino-alcohol motifs (C(OH)–C–C–N with tert-alkyl or cyclic N) is 1. The smallest absolute Gasteiger partial charge is 0.247 e. The Balaban J connectivity index is 1.61. The second kappa shape index (κ2) is 8.27. The number of fused-ring (bicyclic) bond motifs is 2. The lowest BCUT2D eigenvalue weighted by Gasteiger charge is -2.40. The van der Waals surface area contributed by atoms with Crippen molar-refractivity contribution in [1.29, 1.82) is 0 Å². The third kappa shape index (κ3) is 3.33. The Morgan fingerprint density at radius 2 is 1.76 bits per heavy atom. The van der Waals surface area contributed by atoms with Crippen molar-refractivity contribution in [2.24, 2.45) is 11.8 Å². The molecule has 2 fully saturated rings. The van der Waals surface area contributed by atoms with Crippen molar-refractivity contribution in [3.8, 4) is 0 Å². The molecule has 1 N–H and O–H groups in total. The molecule has 5 rings (SSSR count). The molecule has 0 bridgehead atoms. The Morgan fingerprint density at radius 3 is 2.44 bits per heavy atom. The van der Waals surface area contributed by atoms with E-state index in [1.165, 1.54) is 4.90 Å². The summed E-state index contributed by atoms with van der Waals surface area (Å²) < 4.78 is -0.849. The molecule has 4 aliphatic heterocycles. The molecule has 0 aromatic heterocycles. The number of hydrogen-bond donors (Lipinski definition) is 1. The largest absolute Gasteiger partial charge is 0.395 e. The summed E-state index contributed by atoms with van der Waals surface area (Å²) in [6.07, 6.45) is 8.02. The molecule has 0 saturated carbocycles. The molecule has 34 heavy (non-hydrogen) atoms. The molecular weight excluding hydrogens is 450 g/mol. The number of rotatable bonds is 3. The number of aliphatic hydroxyl groups excluding tert-OH is 1. The van der Waals surface area contributed by atoms with Gasteiger partial charge in [0.05, 0.1) is 23.2 Å². The van der Waals surface area contributed by atoms with E-state index >= 15 is 0 Å². The van der Waals surface area contributed by atoms with Gasteiger partial charge in [0, 0.05) is 36.1 Å². The summed E-state index contributed by atoms with van der Waals surface area (Å²) in [7, 11) is 0. The van der Waals surface area contributed by atoms with Gasteiger partial charge in [-0.15, -0.1) is 11.8 Å². The maximum absolute atomic E-state index is 14.0. The Morgan fingerprint density at radius 1 is 1.03 bits per heavy atom. The number of likely N-dealkylation sites (tertiary alicyclic amines) is 1. The van der Waals surface area contributed by atoms with Crippen molar-refractivity contribution in [2.75, 3.05) is 31.1 Å². The Bertz CT molecular complexity index is 1070.